The number of rotatable bonds is 9. The summed E-state index contributed by atoms with van der Waals surface area (Å²) in [6.45, 7) is 1.97. The lowest BCUT2D eigenvalue weighted by molar-refractivity contribution is -0.180. The van der Waals surface area contributed by atoms with Crippen molar-refractivity contribution >= 4 is 44.3 Å². The first-order valence-corrected chi connectivity index (χ1v) is 16.4. The number of alkyl halides is 3. The number of carbonyl (C=O) groups is 2. The van der Waals surface area contributed by atoms with Gasteiger partial charge < -0.3 is 10.4 Å². The number of nitrogens with one attached hydrogen (secondary N) is 2. The van der Waals surface area contributed by atoms with E-state index in [1.54, 1.807) is 27.6 Å². The molecule has 1 amide bonds. The van der Waals surface area contributed by atoms with Crippen LogP contribution in [0.15, 0.2) is 41.3 Å². The molecular formula is C30H34ClF3N4O5S. The number of nitrogens with zero attached hydrogens (tertiary/aromatic N) is 2. The van der Waals surface area contributed by atoms with Crippen LogP contribution in [0.3, 0.4) is 0 Å². The lowest BCUT2D eigenvalue weighted by atomic mass is 9.80. The molecule has 2 aliphatic rings. The Hall–Kier alpha value is -3.16. The van der Waals surface area contributed by atoms with E-state index in [0.29, 0.717) is 36.0 Å². The number of sulfonamides is 1. The second-order valence-electron chi connectivity index (χ2n) is 12.3. The maximum Gasteiger partial charge on any atom is 0.407 e. The van der Waals surface area contributed by atoms with Gasteiger partial charge in [-0.15, -0.1) is 0 Å². The number of hydrogen-bond donors (Lipinski definition) is 3. The van der Waals surface area contributed by atoms with Gasteiger partial charge in [0, 0.05) is 23.5 Å². The second kappa shape index (κ2) is 12.0. The largest absolute Gasteiger partial charge is 0.481 e. The molecule has 0 bridgehead atoms. The van der Waals surface area contributed by atoms with E-state index in [9.17, 15) is 36.3 Å². The van der Waals surface area contributed by atoms with Gasteiger partial charge in [-0.2, -0.15) is 23.0 Å². The van der Waals surface area contributed by atoms with Crippen LogP contribution < -0.4 is 10.0 Å². The van der Waals surface area contributed by atoms with Crippen LogP contribution in [0.1, 0.15) is 69.3 Å². The third-order valence-corrected chi connectivity index (χ3v) is 10.7. The van der Waals surface area contributed by atoms with Gasteiger partial charge >= 0.3 is 12.1 Å². The standard InChI is InChI=1S/C30H34ClF3N4O5S/c1-29(2,30(32,33)34)37-44(42,43)23-13-12-22(20-10-6-7-11-21(20)23)26-24(31)25(27(39)35-19-14-18(15-19)28(40)41)36-38(26)16-17-8-4-3-5-9-17/h6-7,10-13,17-19,37H,3-5,8-9,14-16H2,1-2H3,(H,35,39)(H,40,41). The molecule has 14 heteroatoms. The highest BCUT2D eigenvalue weighted by Gasteiger charge is 2.50. The van der Waals surface area contributed by atoms with Crippen molar-refractivity contribution in [1.82, 2.24) is 19.8 Å². The molecule has 0 unspecified atom stereocenters. The van der Waals surface area contributed by atoms with Crippen molar-refractivity contribution in [3.8, 4) is 11.3 Å². The van der Waals surface area contributed by atoms with Crippen molar-refractivity contribution < 1.29 is 36.3 Å². The molecule has 0 radical (unpaired) electrons. The van der Waals surface area contributed by atoms with E-state index in [1.165, 1.54) is 18.2 Å². The zero-order valence-electron chi connectivity index (χ0n) is 24.2. The average Bonchev–Trinajstić information content (AvgIpc) is 3.24. The molecule has 2 aliphatic carbocycles. The molecule has 2 saturated carbocycles. The topological polar surface area (TPSA) is 130 Å². The first-order valence-electron chi connectivity index (χ1n) is 14.5. The molecule has 1 heterocycles. The first-order chi connectivity index (χ1) is 20.6. The van der Waals surface area contributed by atoms with Gasteiger partial charge in [-0.25, -0.2) is 8.42 Å². The van der Waals surface area contributed by atoms with E-state index >= 15 is 0 Å². The van der Waals surface area contributed by atoms with Gasteiger partial charge in [-0.1, -0.05) is 61.2 Å². The molecule has 3 aromatic rings. The molecule has 0 atom stereocenters. The highest BCUT2D eigenvalue weighted by molar-refractivity contribution is 7.89. The maximum absolute atomic E-state index is 13.6. The Labute approximate surface area is 258 Å². The van der Waals surface area contributed by atoms with Crippen LogP contribution in [0.4, 0.5) is 13.2 Å². The molecule has 238 valence electrons. The average molecular weight is 655 g/mol. The van der Waals surface area contributed by atoms with Crippen molar-refractivity contribution in [3.05, 3.63) is 47.1 Å². The van der Waals surface area contributed by atoms with Crippen molar-refractivity contribution in [2.45, 2.75) is 88.0 Å². The van der Waals surface area contributed by atoms with Crippen LogP contribution >= 0.6 is 11.6 Å². The van der Waals surface area contributed by atoms with Gasteiger partial charge in [0.2, 0.25) is 10.0 Å². The molecular weight excluding hydrogens is 621 g/mol. The van der Waals surface area contributed by atoms with Crippen molar-refractivity contribution in [2.24, 2.45) is 11.8 Å². The Morgan fingerprint density at radius 3 is 2.30 bits per heavy atom. The highest BCUT2D eigenvalue weighted by Crippen LogP contribution is 2.40. The van der Waals surface area contributed by atoms with Gasteiger partial charge in [0.15, 0.2) is 5.69 Å². The summed E-state index contributed by atoms with van der Waals surface area (Å²) in [7, 11) is -4.63. The summed E-state index contributed by atoms with van der Waals surface area (Å²) < 4.78 is 70.8. The molecule has 0 saturated heterocycles. The van der Waals surface area contributed by atoms with Gasteiger partial charge in [0.25, 0.3) is 5.91 Å². The minimum Gasteiger partial charge on any atom is -0.481 e. The van der Waals surface area contributed by atoms with Crippen molar-refractivity contribution in [1.29, 1.82) is 0 Å². The number of carbonyl (C=O) groups excluding carboxylic acids is 1. The van der Waals surface area contributed by atoms with E-state index in [-0.39, 0.29) is 33.0 Å². The summed E-state index contributed by atoms with van der Waals surface area (Å²) in [5.74, 6) is -1.71. The van der Waals surface area contributed by atoms with E-state index in [0.717, 1.165) is 46.0 Å². The molecule has 2 aromatic carbocycles. The molecule has 2 fully saturated rings. The predicted octanol–water partition coefficient (Wildman–Crippen LogP) is 6.15. The zero-order chi connectivity index (χ0) is 32.0. The monoisotopic (exact) mass is 654 g/mol. The smallest absolute Gasteiger partial charge is 0.407 e. The van der Waals surface area contributed by atoms with Gasteiger partial charge in [0.05, 0.1) is 21.5 Å². The summed E-state index contributed by atoms with van der Waals surface area (Å²) >= 11 is 6.87. The van der Waals surface area contributed by atoms with E-state index < -0.39 is 39.5 Å². The number of hydrogen-bond acceptors (Lipinski definition) is 5. The predicted molar refractivity (Wildman–Crippen MR) is 159 cm³/mol. The van der Waals surface area contributed by atoms with E-state index in [2.05, 4.69) is 10.4 Å². The number of benzene rings is 2. The fourth-order valence-electron chi connectivity index (χ4n) is 5.94. The van der Waals surface area contributed by atoms with Crippen LogP contribution in [0, 0.1) is 11.8 Å². The molecule has 9 nitrogen and oxygen atoms in total. The van der Waals surface area contributed by atoms with Crippen LogP contribution in [-0.2, 0) is 21.4 Å². The first kappa shape index (κ1) is 32.2. The Balaban J connectivity index is 1.57. The van der Waals surface area contributed by atoms with Crippen LogP contribution in [0.25, 0.3) is 22.0 Å². The molecule has 1 aromatic heterocycles. The number of halogens is 4. The summed E-state index contributed by atoms with van der Waals surface area (Å²) in [5.41, 5.74) is -1.90. The summed E-state index contributed by atoms with van der Waals surface area (Å²) in [5, 5.41) is 17.2. The number of aromatic nitrogens is 2. The zero-order valence-corrected chi connectivity index (χ0v) is 25.8. The Morgan fingerprint density at radius 1 is 1.05 bits per heavy atom. The quantitative estimate of drug-likeness (QED) is 0.254. The van der Waals surface area contributed by atoms with E-state index in [1.807, 2.05) is 0 Å². The Morgan fingerprint density at radius 2 is 1.68 bits per heavy atom. The number of carboxylic acid groups (broad SMARTS) is 1. The molecule has 0 spiro atoms. The minimum absolute atomic E-state index is 0.0365. The second-order valence-corrected chi connectivity index (χ2v) is 14.3. The van der Waals surface area contributed by atoms with Crippen LogP contribution in [0.2, 0.25) is 5.02 Å². The molecule has 44 heavy (non-hydrogen) atoms. The highest BCUT2D eigenvalue weighted by atomic mass is 35.5. The van der Waals surface area contributed by atoms with Gasteiger partial charge in [0.1, 0.15) is 5.54 Å². The van der Waals surface area contributed by atoms with Crippen LogP contribution in [0.5, 0.6) is 0 Å². The lowest BCUT2D eigenvalue weighted by Crippen LogP contribution is -2.54. The third kappa shape index (κ3) is 6.32. The Bertz CT molecular complexity index is 1690. The SMILES string of the molecule is CC(C)(NS(=O)(=O)c1ccc(-c2c(Cl)c(C(=O)NC3CC(C(=O)O)C3)nn2CC2CCCCC2)c2ccccc12)C(F)(F)F. The summed E-state index contributed by atoms with van der Waals surface area (Å²) in [6.07, 6.45) is 0.958. The fourth-order valence-corrected chi connectivity index (χ4v) is 7.88. The normalized spacial score (nSPS) is 20.0. The van der Waals surface area contributed by atoms with E-state index in [4.69, 9.17) is 11.6 Å². The maximum atomic E-state index is 13.6. The van der Waals surface area contributed by atoms with Crippen LogP contribution in [-0.4, -0.2) is 52.9 Å². The fraction of sp³-hybridized carbons (Fsp3) is 0.500. The lowest BCUT2D eigenvalue weighted by Gasteiger charge is -2.32. The summed E-state index contributed by atoms with van der Waals surface area (Å²) in [6, 6.07) is 8.80. The van der Waals surface area contributed by atoms with Gasteiger partial charge in [-0.3, -0.25) is 14.3 Å². The molecule has 5 rings (SSSR count). The summed E-state index contributed by atoms with van der Waals surface area (Å²) in [4.78, 5) is 24.2. The molecule has 0 aliphatic heterocycles. The Kier molecular flexibility index (Phi) is 8.78. The molecule has 3 N–H and O–H groups in total. The van der Waals surface area contributed by atoms with Crippen molar-refractivity contribution in [3.63, 3.8) is 0 Å². The third-order valence-electron chi connectivity index (χ3n) is 8.62. The minimum atomic E-state index is -4.83. The number of fused-ring (bicyclic) bond motifs is 1. The van der Waals surface area contributed by atoms with Gasteiger partial charge in [-0.05, 0) is 56.9 Å². The number of aliphatic carboxylic acids is 1. The number of carboxylic acids is 1. The van der Waals surface area contributed by atoms with Crippen molar-refractivity contribution in [2.75, 3.05) is 0 Å². The number of amides is 1.